The van der Waals surface area contributed by atoms with E-state index in [1.165, 1.54) is 5.06 Å². The zero-order valence-corrected chi connectivity index (χ0v) is 9.19. The topological polar surface area (TPSA) is 82.9 Å². The summed E-state index contributed by atoms with van der Waals surface area (Å²) >= 11 is 0. The molecule has 0 aliphatic carbocycles. The summed E-state index contributed by atoms with van der Waals surface area (Å²) in [4.78, 5) is 19.1. The number of aromatic nitrogens is 1. The third-order valence-corrected chi connectivity index (χ3v) is 2.82. The third kappa shape index (κ3) is 2.92. The van der Waals surface area contributed by atoms with E-state index < -0.39 is 12.3 Å². The summed E-state index contributed by atoms with van der Waals surface area (Å²) in [7, 11) is 0. The highest BCUT2D eigenvalue weighted by Gasteiger charge is 2.31. The molecule has 17 heavy (non-hydrogen) atoms. The average molecular weight is 238 g/mol. The molecule has 0 spiro atoms. The van der Waals surface area contributed by atoms with Gasteiger partial charge in [0.05, 0.1) is 12.6 Å². The lowest BCUT2D eigenvalue weighted by molar-refractivity contribution is -0.155. The molecule has 6 heteroatoms. The van der Waals surface area contributed by atoms with Gasteiger partial charge in [-0.3, -0.25) is 4.98 Å². The lowest BCUT2D eigenvalue weighted by atomic mass is 9.91. The Labute approximate surface area is 98.4 Å². The summed E-state index contributed by atoms with van der Waals surface area (Å²) in [6.45, 7) is 0.637. The number of carbonyl (C=O) groups is 1. The number of hydroxylamine groups is 2. The number of carboxylic acid groups (broad SMARTS) is 1. The zero-order chi connectivity index (χ0) is 12.3. The molecule has 1 aliphatic rings. The standard InChI is InChI=1S/C11H14N2O4/c14-10-7-13(17-11(15)16)6-4-8(10)9-3-1-2-5-12-9/h1-3,5,8,10,14H,4,6-7H2,(H,15,16). The molecule has 1 aromatic rings. The van der Waals surface area contributed by atoms with Crippen LogP contribution in [-0.2, 0) is 4.84 Å². The molecule has 1 aliphatic heterocycles. The number of nitrogens with zero attached hydrogens (tertiary/aromatic N) is 2. The van der Waals surface area contributed by atoms with Crippen molar-refractivity contribution in [3.05, 3.63) is 30.1 Å². The van der Waals surface area contributed by atoms with Gasteiger partial charge in [-0.25, -0.2) is 4.79 Å². The molecule has 0 bridgehead atoms. The Morgan fingerprint density at radius 1 is 1.53 bits per heavy atom. The van der Waals surface area contributed by atoms with E-state index in [4.69, 9.17) is 5.11 Å². The summed E-state index contributed by atoms with van der Waals surface area (Å²) in [5, 5.41) is 19.7. The van der Waals surface area contributed by atoms with E-state index in [9.17, 15) is 9.90 Å². The number of piperidine rings is 1. The van der Waals surface area contributed by atoms with Crippen LogP contribution in [0.25, 0.3) is 0 Å². The Morgan fingerprint density at radius 3 is 2.94 bits per heavy atom. The molecule has 1 aromatic heterocycles. The fraction of sp³-hybridized carbons (Fsp3) is 0.455. The van der Waals surface area contributed by atoms with E-state index in [1.54, 1.807) is 6.20 Å². The van der Waals surface area contributed by atoms with Crippen LogP contribution in [0.2, 0.25) is 0 Å². The molecule has 0 saturated carbocycles. The third-order valence-electron chi connectivity index (χ3n) is 2.82. The van der Waals surface area contributed by atoms with Crippen molar-refractivity contribution < 1.29 is 19.8 Å². The van der Waals surface area contributed by atoms with E-state index in [1.807, 2.05) is 18.2 Å². The SMILES string of the molecule is O=C(O)ON1CCC(c2ccccn2)C(O)C1. The lowest BCUT2D eigenvalue weighted by Crippen LogP contribution is -2.43. The first-order valence-corrected chi connectivity index (χ1v) is 5.41. The first-order chi connectivity index (χ1) is 8.16. The second kappa shape index (κ2) is 5.11. The van der Waals surface area contributed by atoms with Crippen molar-refractivity contribution in [1.29, 1.82) is 0 Å². The molecule has 92 valence electrons. The Hall–Kier alpha value is -1.66. The molecular weight excluding hydrogens is 224 g/mol. The number of aliphatic hydroxyl groups excluding tert-OH is 1. The molecule has 2 N–H and O–H groups in total. The monoisotopic (exact) mass is 238 g/mol. The number of aliphatic hydroxyl groups is 1. The number of hydrogen-bond donors (Lipinski definition) is 2. The van der Waals surface area contributed by atoms with Crippen molar-refractivity contribution in [2.45, 2.75) is 18.4 Å². The highest BCUT2D eigenvalue weighted by Crippen LogP contribution is 2.26. The Balaban J connectivity index is 1.99. The average Bonchev–Trinajstić information content (AvgIpc) is 2.29. The molecule has 2 heterocycles. The van der Waals surface area contributed by atoms with E-state index in [0.717, 1.165) is 5.69 Å². The first kappa shape index (κ1) is 11.8. The van der Waals surface area contributed by atoms with E-state index in [2.05, 4.69) is 9.82 Å². The number of hydrogen-bond acceptors (Lipinski definition) is 5. The van der Waals surface area contributed by atoms with E-state index >= 15 is 0 Å². The Bertz CT molecular complexity index is 384. The maximum absolute atomic E-state index is 10.4. The Morgan fingerprint density at radius 2 is 2.35 bits per heavy atom. The number of pyridine rings is 1. The van der Waals surface area contributed by atoms with Crippen LogP contribution in [0.5, 0.6) is 0 Å². The molecule has 0 amide bonds. The number of β-amino-alcohol motifs (C(OH)–C–C–N with tert-alkyl or cyclic N) is 1. The quantitative estimate of drug-likeness (QED) is 0.794. The van der Waals surface area contributed by atoms with E-state index in [0.29, 0.717) is 13.0 Å². The van der Waals surface area contributed by atoms with Crippen molar-refractivity contribution in [1.82, 2.24) is 10.0 Å². The van der Waals surface area contributed by atoms with Crippen molar-refractivity contribution in [2.24, 2.45) is 0 Å². The van der Waals surface area contributed by atoms with Crippen LogP contribution in [-0.4, -0.2) is 45.6 Å². The van der Waals surface area contributed by atoms with Crippen molar-refractivity contribution in [3.63, 3.8) is 0 Å². The van der Waals surface area contributed by atoms with Crippen molar-refractivity contribution in [2.75, 3.05) is 13.1 Å². The largest absolute Gasteiger partial charge is 0.525 e. The van der Waals surface area contributed by atoms with Gasteiger partial charge < -0.3 is 15.1 Å². The van der Waals surface area contributed by atoms with Crippen LogP contribution >= 0.6 is 0 Å². The van der Waals surface area contributed by atoms with Gasteiger partial charge >= 0.3 is 6.16 Å². The summed E-state index contributed by atoms with van der Waals surface area (Å²) in [6.07, 6.45) is 0.277. The fourth-order valence-electron chi connectivity index (χ4n) is 2.04. The minimum Gasteiger partial charge on any atom is -0.448 e. The van der Waals surface area contributed by atoms with Gasteiger partial charge in [0.15, 0.2) is 0 Å². The van der Waals surface area contributed by atoms with Gasteiger partial charge in [0.25, 0.3) is 0 Å². The summed E-state index contributed by atoms with van der Waals surface area (Å²) < 4.78 is 0. The molecular formula is C11H14N2O4. The van der Waals surface area contributed by atoms with Crippen LogP contribution in [0.3, 0.4) is 0 Å². The molecule has 2 atom stereocenters. The van der Waals surface area contributed by atoms with Gasteiger partial charge in [0, 0.05) is 24.4 Å². The zero-order valence-electron chi connectivity index (χ0n) is 9.19. The second-order valence-electron chi connectivity index (χ2n) is 3.96. The fourth-order valence-corrected chi connectivity index (χ4v) is 2.04. The normalized spacial score (nSPS) is 25.5. The van der Waals surface area contributed by atoms with Gasteiger partial charge in [0.2, 0.25) is 0 Å². The minimum absolute atomic E-state index is 0.0650. The molecule has 2 unspecified atom stereocenters. The molecule has 0 radical (unpaired) electrons. The van der Waals surface area contributed by atoms with Gasteiger partial charge in [-0.1, -0.05) is 6.07 Å². The van der Waals surface area contributed by atoms with Crippen molar-refractivity contribution >= 4 is 6.16 Å². The van der Waals surface area contributed by atoms with Crippen LogP contribution in [0, 0.1) is 0 Å². The molecule has 1 fully saturated rings. The highest BCUT2D eigenvalue weighted by atomic mass is 16.8. The molecule has 2 rings (SSSR count). The van der Waals surface area contributed by atoms with Crippen molar-refractivity contribution in [3.8, 4) is 0 Å². The van der Waals surface area contributed by atoms with Crippen LogP contribution < -0.4 is 0 Å². The van der Waals surface area contributed by atoms with Crippen LogP contribution in [0.15, 0.2) is 24.4 Å². The molecule has 0 aromatic carbocycles. The number of rotatable bonds is 2. The van der Waals surface area contributed by atoms with Crippen LogP contribution in [0.1, 0.15) is 18.0 Å². The Kier molecular flexibility index (Phi) is 3.55. The molecule has 1 saturated heterocycles. The predicted molar refractivity (Wildman–Crippen MR) is 58.3 cm³/mol. The first-order valence-electron chi connectivity index (χ1n) is 5.41. The van der Waals surface area contributed by atoms with Gasteiger partial charge in [-0.05, 0) is 18.6 Å². The summed E-state index contributed by atoms with van der Waals surface area (Å²) in [5.74, 6) is -0.0650. The maximum atomic E-state index is 10.4. The minimum atomic E-state index is -1.35. The lowest BCUT2D eigenvalue weighted by Gasteiger charge is -2.33. The van der Waals surface area contributed by atoms with Gasteiger partial charge in [0.1, 0.15) is 0 Å². The predicted octanol–water partition coefficient (Wildman–Crippen LogP) is 0.841. The summed E-state index contributed by atoms with van der Waals surface area (Å²) in [5.41, 5.74) is 0.829. The van der Waals surface area contributed by atoms with E-state index in [-0.39, 0.29) is 12.5 Å². The van der Waals surface area contributed by atoms with Gasteiger partial charge in [-0.2, -0.15) is 0 Å². The second-order valence-corrected chi connectivity index (χ2v) is 3.96. The summed E-state index contributed by atoms with van der Waals surface area (Å²) in [6, 6.07) is 5.55. The maximum Gasteiger partial charge on any atom is 0.525 e. The van der Waals surface area contributed by atoms with Crippen LogP contribution in [0.4, 0.5) is 4.79 Å². The van der Waals surface area contributed by atoms with Gasteiger partial charge in [-0.15, -0.1) is 5.06 Å². The smallest absolute Gasteiger partial charge is 0.448 e. The highest BCUT2D eigenvalue weighted by molar-refractivity contribution is 5.56. The molecule has 6 nitrogen and oxygen atoms in total.